The van der Waals surface area contributed by atoms with Crippen LogP contribution in [0.5, 0.6) is 5.75 Å². The van der Waals surface area contributed by atoms with Crippen LogP contribution in [-0.4, -0.2) is 42.8 Å². The van der Waals surface area contributed by atoms with Gasteiger partial charge in [-0.3, -0.25) is 14.4 Å². The van der Waals surface area contributed by atoms with E-state index in [-0.39, 0.29) is 17.7 Å². The molecule has 0 radical (unpaired) electrons. The Morgan fingerprint density at radius 1 is 1.13 bits per heavy atom. The Hall–Kier alpha value is -3.06. The molecule has 1 saturated heterocycles. The number of nitrogens with one attached hydrogen (secondary N) is 1. The van der Waals surface area contributed by atoms with E-state index in [2.05, 4.69) is 5.32 Å². The molecular formula is C22H24ClN3O4. The zero-order valence-electron chi connectivity index (χ0n) is 16.6. The lowest BCUT2D eigenvalue weighted by Crippen LogP contribution is -2.45. The summed E-state index contributed by atoms with van der Waals surface area (Å²) in [5, 5.41) is 3.20. The van der Waals surface area contributed by atoms with Crippen LogP contribution in [0.3, 0.4) is 0 Å². The standard InChI is InChI=1S/C22H24ClN3O4/c1-30-18-8-7-16(23)13-17(18)22(29)26-11-9-15(10-12-26)21(28)25-19(20(24)27)14-5-3-2-4-6-14/h2-8,13,15,19H,9-12H2,1H3,(H2,24,27)(H,25,28). The molecule has 1 heterocycles. The molecule has 0 bridgehead atoms. The SMILES string of the molecule is COc1ccc(Cl)cc1C(=O)N1CCC(C(=O)NC(C(N)=O)c2ccccc2)CC1. The van der Waals surface area contributed by atoms with Gasteiger partial charge in [-0.1, -0.05) is 41.9 Å². The van der Waals surface area contributed by atoms with Gasteiger partial charge in [-0.15, -0.1) is 0 Å². The molecule has 2 aromatic rings. The number of nitrogens with zero attached hydrogens (tertiary/aromatic N) is 1. The molecule has 158 valence electrons. The molecule has 7 nitrogen and oxygen atoms in total. The fraction of sp³-hybridized carbons (Fsp3) is 0.318. The van der Waals surface area contributed by atoms with Crippen molar-refractivity contribution in [3.8, 4) is 5.75 Å². The van der Waals surface area contributed by atoms with Crippen molar-refractivity contribution in [2.24, 2.45) is 11.7 Å². The van der Waals surface area contributed by atoms with Crippen LogP contribution >= 0.6 is 11.6 Å². The van der Waals surface area contributed by atoms with Crippen molar-refractivity contribution in [2.75, 3.05) is 20.2 Å². The van der Waals surface area contributed by atoms with Gasteiger partial charge in [0.1, 0.15) is 11.8 Å². The number of ether oxygens (including phenoxy) is 1. The van der Waals surface area contributed by atoms with E-state index in [4.69, 9.17) is 22.1 Å². The highest BCUT2D eigenvalue weighted by molar-refractivity contribution is 6.31. The quantitative estimate of drug-likeness (QED) is 0.736. The third-order valence-electron chi connectivity index (χ3n) is 5.25. The van der Waals surface area contributed by atoms with E-state index in [1.165, 1.54) is 7.11 Å². The summed E-state index contributed by atoms with van der Waals surface area (Å²) in [6.07, 6.45) is 0.974. The topological polar surface area (TPSA) is 102 Å². The Labute approximate surface area is 180 Å². The van der Waals surface area contributed by atoms with Gasteiger partial charge in [0.25, 0.3) is 5.91 Å². The molecule has 30 heavy (non-hydrogen) atoms. The molecule has 3 rings (SSSR count). The van der Waals surface area contributed by atoms with Crippen LogP contribution in [0.2, 0.25) is 5.02 Å². The maximum Gasteiger partial charge on any atom is 0.257 e. The number of methoxy groups -OCH3 is 1. The highest BCUT2D eigenvalue weighted by Gasteiger charge is 2.31. The van der Waals surface area contributed by atoms with Gasteiger partial charge in [0, 0.05) is 24.0 Å². The second-order valence-electron chi connectivity index (χ2n) is 7.17. The second kappa shape index (κ2) is 9.63. The summed E-state index contributed by atoms with van der Waals surface area (Å²) in [6, 6.07) is 12.9. The Balaban J connectivity index is 1.62. The van der Waals surface area contributed by atoms with Crippen molar-refractivity contribution in [3.63, 3.8) is 0 Å². The van der Waals surface area contributed by atoms with Crippen LogP contribution in [0.25, 0.3) is 0 Å². The predicted molar refractivity (Wildman–Crippen MR) is 113 cm³/mol. The molecule has 1 unspecified atom stereocenters. The third-order valence-corrected chi connectivity index (χ3v) is 5.48. The minimum atomic E-state index is -0.880. The first-order valence-electron chi connectivity index (χ1n) is 9.68. The molecule has 0 aliphatic carbocycles. The van der Waals surface area contributed by atoms with Crippen molar-refractivity contribution >= 4 is 29.3 Å². The zero-order chi connectivity index (χ0) is 21.7. The molecule has 0 aromatic heterocycles. The summed E-state index contributed by atoms with van der Waals surface area (Å²) < 4.78 is 5.27. The lowest BCUT2D eigenvalue weighted by Gasteiger charge is -2.32. The number of rotatable bonds is 6. The van der Waals surface area contributed by atoms with Crippen LogP contribution in [0.15, 0.2) is 48.5 Å². The van der Waals surface area contributed by atoms with E-state index in [1.54, 1.807) is 47.4 Å². The van der Waals surface area contributed by atoms with Crippen LogP contribution in [0.4, 0.5) is 0 Å². The number of hydrogen-bond acceptors (Lipinski definition) is 4. The minimum Gasteiger partial charge on any atom is -0.496 e. The number of nitrogens with two attached hydrogens (primary N) is 1. The number of amides is 3. The number of likely N-dealkylation sites (tertiary alicyclic amines) is 1. The second-order valence-corrected chi connectivity index (χ2v) is 7.60. The van der Waals surface area contributed by atoms with Gasteiger partial charge < -0.3 is 20.7 Å². The average Bonchev–Trinajstić information content (AvgIpc) is 2.77. The fourth-order valence-electron chi connectivity index (χ4n) is 3.59. The van der Waals surface area contributed by atoms with E-state index in [1.807, 2.05) is 6.07 Å². The van der Waals surface area contributed by atoms with Gasteiger partial charge in [0.15, 0.2) is 0 Å². The molecule has 3 N–H and O–H groups in total. The minimum absolute atomic E-state index is 0.187. The van der Waals surface area contributed by atoms with Crippen molar-refractivity contribution in [1.82, 2.24) is 10.2 Å². The van der Waals surface area contributed by atoms with Crippen molar-refractivity contribution in [2.45, 2.75) is 18.9 Å². The van der Waals surface area contributed by atoms with E-state index >= 15 is 0 Å². The Kier molecular flexibility index (Phi) is 6.95. The maximum absolute atomic E-state index is 12.9. The summed E-state index contributed by atoms with van der Waals surface area (Å²) in [5.74, 6) is -0.893. The highest BCUT2D eigenvalue weighted by Crippen LogP contribution is 2.27. The first kappa shape index (κ1) is 21.6. The number of halogens is 1. The number of carbonyl (C=O) groups excluding carboxylic acids is 3. The Morgan fingerprint density at radius 2 is 1.80 bits per heavy atom. The summed E-state index contributed by atoms with van der Waals surface area (Å²) in [4.78, 5) is 39.1. The normalized spacial score (nSPS) is 15.3. The maximum atomic E-state index is 12.9. The first-order valence-corrected chi connectivity index (χ1v) is 10.1. The van der Waals surface area contributed by atoms with Gasteiger partial charge >= 0.3 is 0 Å². The fourth-order valence-corrected chi connectivity index (χ4v) is 3.76. The van der Waals surface area contributed by atoms with E-state index in [0.29, 0.717) is 47.8 Å². The number of primary amides is 1. The molecular weight excluding hydrogens is 406 g/mol. The first-order chi connectivity index (χ1) is 14.4. The van der Waals surface area contributed by atoms with Gasteiger partial charge in [0.2, 0.25) is 11.8 Å². The van der Waals surface area contributed by atoms with Crippen LogP contribution in [0.1, 0.15) is 34.8 Å². The molecule has 0 spiro atoms. The van der Waals surface area contributed by atoms with E-state index in [9.17, 15) is 14.4 Å². The largest absolute Gasteiger partial charge is 0.496 e. The van der Waals surface area contributed by atoms with Gasteiger partial charge in [-0.2, -0.15) is 0 Å². The zero-order valence-corrected chi connectivity index (χ0v) is 17.4. The third kappa shape index (κ3) is 4.91. The summed E-state index contributed by atoms with van der Waals surface area (Å²) in [6.45, 7) is 0.832. The van der Waals surface area contributed by atoms with Gasteiger partial charge in [0.05, 0.1) is 12.7 Å². The van der Waals surface area contributed by atoms with Crippen molar-refractivity contribution < 1.29 is 19.1 Å². The molecule has 1 fully saturated rings. The van der Waals surface area contributed by atoms with Crippen molar-refractivity contribution in [3.05, 3.63) is 64.7 Å². The lowest BCUT2D eigenvalue weighted by molar-refractivity contribution is -0.131. The lowest BCUT2D eigenvalue weighted by atomic mass is 9.94. The van der Waals surface area contributed by atoms with Crippen LogP contribution < -0.4 is 15.8 Å². The van der Waals surface area contributed by atoms with Gasteiger partial charge in [-0.25, -0.2) is 0 Å². The monoisotopic (exact) mass is 429 g/mol. The molecule has 1 atom stereocenters. The molecule has 0 saturated carbocycles. The average molecular weight is 430 g/mol. The van der Waals surface area contributed by atoms with Crippen LogP contribution in [-0.2, 0) is 9.59 Å². The van der Waals surface area contributed by atoms with E-state index in [0.717, 1.165) is 0 Å². The van der Waals surface area contributed by atoms with Crippen LogP contribution in [0, 0.1) is 5.92 Å². The predicted octanol–water partition coefficient (Wildman–Crippen LogP) is 2.54. The number of hydrogen-bond donors (Lipinski definition) is 2. The molecule has 2 aromatic carbocycles. The molecule has 1 aliphatic heterocycles. The smallest absolute Gasteiger partial charge is 0.257 e. The number of piperidine rings is 1. The number of carbonyl (C=O) groups is 3. The van der Waals surface area contributed by atoms with Gasteiger partial charge in [-0.05, 0) is 36.6 Å². The summed E-state index contributed by atoms with van der Waals surface area (Å²) in [5.41, 5.74) is 6.52. The molecule has 1 aliphatic rings. The summed E-state index contributed by atoms with van der Waals surface area (Å²) in [7, 11) is 1.50. The van der Waals surface area contributed by atoms with E-state index < -0.39 is 11.9 Å². The number of benzene rings is 2. The molecule has 8 heteroatoms. The Bertz CT molecular complexity index is 927. The summed E-state index contributed by atoms with van der Waals surface area (Å²) >= 11 is 6.03. The molecule has 3 amide bonds. The Morgan fingerprint density at radius 3 is 2.40 bits per heavy atom. The van der Waals surface area contributed by atoms with Crippen molar-refractivity contribution in [1.29, 1.82) is 0 Å². The highest BCUT2D eigenvalue weighted by atomic mass is 35.5.